The zero-order valence-corrected chi connectivity index (χ0v) is 19.8. The number of carbonyl (C=O) groups is 1. The summed E-state index contributed by atoms with van der Waals surface area (Å²) in [6, 6.07) is 15.2. The summed E-state index contributed by atoms with van der Waals surface area (Å²) in [5.41, 5.74) is 3.69. The molecule has 0 aliphatic heterocycles. The Morgan fingerprint density at radius 3 is 2.64 bits per heavy atom. The van der Waals surface area contributed by atoms with Gasteiger partial charge < -0.3 is 14.8 Å². The third kappa shape index (κ3) is 5.58. The van der Waals surface area contributed by atoms with Gasteiger partial charge in [-0.05, 0) is 42.3 Å². The summed E-state index contributed by atoms with van der Waals surface area (Å²) in [4.78, 5) is 16.8. The number of thioether (sulfide) groups is 1. The molecule has 2 aromatic heterocycles. The van der Waals surface area contributed by atoms with E-state index in [1.807, 2.05) is 48.5 Å². The van der Waals surface area contributed by atoms with E-state index >= 15 is 0 Å². The number of fused-ring (bicyclic) bond motifs is 1. The molecule has 0 aliphatic carbocycles. The summed E-state index contributed by atoms with van der Waals surface area (Å²) in [5.74, 6) is 1.57. The van der Waals surface area contributed by atoms with Gasteiger partial charge in [-0.1, -0.05) is 41.6 Å². The van der Waals surface area contributed by atoms with Gasteiger partial charge in [-0.2, -0.15) is 5.10 Å². The smallest absolute Gasteiger partial charge is 0.230 e. The second-order valence-corrected chi connectivity index (χ2v) is 8.58. The molecule has 0 saturated carbocycles. The van der Waals surface area contributed by atoms with Gasteiger partial charge in [0.15, 0.2) is 11.5 Å². The molecule has 4 aromatic rings. The van der Waals surface area contributed by atoms with Crippen molar-refractivity contribution >= 4 is 34.8 Å². The van der Waals surface area contributed by atoms with E-state index in [1.165, 1.54) is 11.8 Å². The minimum Gasteiger partial charge on any atom is -0.493 e. The first-order valence-electron chi connectivity index (χ1n) is 10.3. The Morgan fingerprint density at radius 2 is 1.88 bits per heavy atom. The summed E-state index contributed by atoms with van der Waals surface area (Å²) < 4.78 is 12.4. The van der Waals surface area contributed by atoms with Gasteiger partial charge in [-0.25, -0.2) is 9.50 Å². The number of hydrogen-bond donors (Lipinski definition) is 1. The van der Waals surface area contributed by atoms with Crippen molar-refractivity contribution in [1.82, 2.24) is 19.9 Å². The lowest BCUT2D eigenvalue weighted by molar-refractivity contribution is -0.118. The van der Waals surface area contributed by atoms with Gasteiger partial charge in [0.05, 0.1) is 31.2 Å². The Kier molecular flexibility index (Phi) is 7.36. The van der Waals surface area contributed by atoms with Gasteiger partial charge in [0, 0.05) is 29.5 Å². The second-order valence-electron chi connectivity index (χ2n) is 7.18. The first-order chi connectivity index (χ1) is 16.1. The third-order valence-corrected chi connectivity index (χ3v) is 6.26. The molecule has 2 aromatic carbocycles. The molecule has 1 N–H and O–H groups in total. The Balaban J connectivity index is 1.34. The number of carbonyl (C=O) groups excluding carboxylic acids is 1. The average Bonchev–Trinajstić information content (AvgIpc) is 3.28. The molecule has 4 rings (SSSR count). The average molecular weight is 483 g/mol. The van der Waals surface area contributed by atoms with Crippen LogP contribution in [0, 0.1) is 0 Å². The highest BCUT2D eigenvalue weighted by Crippen LogP contribution is 2.28. The number of hydrogen-bond acceptors (Lipinski definition) is 6. The fourth-order valence-corrected chi connectivity index (χ4v) is 4.27. The molecule has 7 nitrogen and oxygen atoms in total. The van der Waals surface area contributed by atoms with Gasteiger partial charge in [-0.3, -0.25) is 4.79 Å². The fraction of sp³-hybridized carbons (Fsp3) is 0.208. The molecule has 9 heteroatoms. The van der Waals surface area contributed by atoms with Crippen molar-refractivity contribution < 1.29 is 14.3 Å². The number of methoxy groups -OCH3 is 2. The van der Waals surface area contributed by atoms with Crippen LogP contribution < -0.4 is 14.8 Å². The van der Waals surface area contributed by atoms with E-state index in [4.69, 9.17) is 21.1 Å². The molecule has 2 heterocycles. The van der Waals surface area contributed by atoms with Gasteiger partial charge in [0.2, 0.25) is 5.91 Å². The third-order valence-electron chi connectivity index (χ3n) is 5.02. The predicted molar refractivity (Wildman–Crippen MR) is 130 cm³/mol. The number of ether oxygens (including phenoxy) is 2. The number of benzene rings is 2. The van der Waals surface area contributed by atoms with E-state index in [2.05, 4.69) is 15.4 Å². The molecule has 0 spiro atoms. The maximum absolute atomic E-state index is 12.4. The Hall–Kier alpha value is -3.23. The zero-order chi connectivity index (χ0) is 23.2. The molecule has 1 amide bonds. The minimum atomic E-state index is -0.0540. The Labute approximate surface area is 201 Å². The maximum Gasteiger partial charge on any atom is 0.230 e. The first-order valence-corrected chi connectivity index (χ1v) is 11.6. The Morgan fingerprint density at radius 1 is 1.09 bits per heavy atom. The number of nitrogens with one attached hydrogen (secondary N) is 1. The molecule has 0 fully saturated rings. The van der Waals surface area contributed by atoms with Crippen molar-refractivity contribution in [2.75, 3.05) is 26.5 Å². The van der Waals surface area contributed by atoms with Gasteiger partial charge >= 0.3 is 0 Å². The van der Waals surface area contributed by atoms with Gasteiger partial charge in [0.25, 0.3) is 0 Å². The summed E-state index contributed by atoms with van der Waals surface area (Å²) >= 11 is 7.37. The van der Waals surface area contributed by atoms with Crippen LogP contribution in [0.5, 0.6) is 11.5 Å². The van der Waals surface area contributed by atoms with E-state index < -0.39 is 0 Å². The van der Waals surface area contributed by atoms with Crippen molar-refractivity contribution in [3.63, 3.8) is 0 Å². The van der Waals surface area contributed by atoms with Crippen LogP contribution in [0.25, 0.3) is 16.8 Å². The number of rotatable bonds is 9. The summed E-state index contributed by atoms with van der Waals surface area (Å²) in [6.07, 6.45) is 4.17. The van der Waals surface area contributed by atoms with Crippen molar-refractivity contribution in [2.24, 2.45) is 0 Å². The van der Waals surface area contributed by atoms with Crippen molar-refractivity contribution in [1.29, 1.82) is 0 Å². The molecule has 0 atom stereocenters. The van der Waals surface area contributed by atoms with Gasteiger partial charge in [-0.15, -0.1) is 0 Å². The molecular formula is C24H23ClN4O3S. The molecule has 33 heavy (non-hydrogen) atoms. The van der Waals surface area contributed by atoms with E-state index in [0.717, 1.165) is 27.4 Å². The highest BCUT2D eigenvalue weighted by Gasteiger charge is 2.12. The van der Waals surface area contributed by atoms with Crippen molar-refractivity contribution in [3.8, 4) is 22.8 Å². The van der Waals surface area contributed by atoms with Crippen molar-refractivity contribution in [2.45, 2.75) is 11.4 Å². The van der Waals surface area contributed by atoms with Crippen LogP contribution in [0.1, 0.15) is 5.56 Å². The van der Waals surface area contributed by atoms with Crippen LogP contribution in [-0.2, 0) is 11.2 Å². The predicted octanol–water partition coefficient (Wildman–Crippen LogP) is 4.52. The maximum atomic E-state index is 12.4. The molecule has 0 aliphatic rings. The van der Waals surface area contributed by atoms with E-state index in [1.54, 1.807) is 31.1 Å². The van der Waals surface area contributed by atoms with E-state index in [9.17, 15) is 4.79 Å². The molecule has 0 radical (unpaired) electrons. The first kappa shape index (κ1) is 22.9. The number of amides is 1. The molecular weight excluding hydrogens is 460 g/mol. The zero-order valence-electron chi connectivity index (χ0n) is 18.2. The quantitative estimate of drug-likeness (QED) is 0.353. The Bertz CT molecular complexity index is 1260. The van der Waals surface area contributed by atoms with E-state index in [0.29, 0.717) is 29.5 Å². The summed E-state index contributed by atoms with van der Waals surface area (Å²) in [7, 11) is 3.21. The standard InChI is InChI=1S/C24H23ClN4O3S/c1-31-21-8-3-16(13-22(21)32-2)9-10-26-23(30)15-33-24-20-14-19(28-29(20)12-11-27-24)17-4-6-18(25)7-5-17/h3-8,11-14H,9-10,15H2,1-2H3,(H,26,30). The fourth-order valence-electron chi connectivity index (χ4n) is 3.34. The van der Waals surface area contributed by atoms with Crippen LogP contribution in [0.2, 0.25) is 5.02 Å². The SMILES string of the molecule is COc1ccc(CCNC(=O)CSc2nccn3nc(-c4ccc(Cl)cc4)cc23)cc1OC. The highest BCUT2D eigenvalue weighted by molar-refractivity contribution is 8.00. The lowest BCUT2D eigenvalue weighted by Gasteiger charge is -2.10. The molecule has 170 valence electrons. The van der Waals surface area contributed by atoms with Crippen LogP contribution in [0.4, 0.5) is 0 Å². The van der Waals surface area contributed by atoms with E-state index in [-0.39, 0.29) is 11.7 Å². The normalized spacial score (nSPS) is 10.9. The summed E-state index contributed by atoms with van der Waals surface area (Å²) in [6.45, 7) is 0.528. The van der Waals surface area contributed by atoms with Crippen LogP contribution in [-0.4, -0.2) is 47.0 Å². The monoisotopic (exact) mass is 482 g/mol. The van der Waals surface area contributed by atoms with Gasteiger partial charge in [0.1, 0.15) is 5.03 Å². The van der Waals surface area contributed by atoms with Crippen LogP contribution >= 0.6 is 23.4 Å². The molecule has 0 bridgehead atoms. The number of aromatic nitrogens is 3. The lowest BCUT2D eigenvalue weighted by Crippen LogP contribution is -2.27. The highest BCUT2D eigenvalue weighted by atomic mass is 35.5. The second kappa shape index (κ2) is 10.6. The van der Waals surface area contributed by atoms with Crippen molar-refractivity contribution in [3.05, 3.63) is 71.5 Å². The molecule has 0 saturated heterocycles. The largest absolute Gasteiger partial charge is 0.493 e. The topological polar surface area (TPSA) is 77.8 Å². The van der Waals surface area contributed by atoms with Crippen LogP contribution in [0.3, 0.4) is 0 Å². The number of nitrogens with zero attached hydrogens (tertiary/aromatic N) is 3. The van der Waals surface area contributed by atoms with Crippen LogP contribution in [0.15, 0.2) is 66.0 Å². The lowest BCUT2D eigenvalue weighted by atomic mass is 10.1. The molecule has 0 unspecified atom stereocenters. The minimum absolute atomic E-state index is 0.0540. The number of halogens is 1. The summed E-state index contributed by atoms with van der Waals surface area (Å²) in [5, 5.41) is 9.00.